The predicted molar refractivity (Wildman–Crippen MR) is 62.1 cm³/mol. The maximum absolute atomic E-state index is 8.95. The highest BCUT2D eigenvalue weighted by molar-refractivity contribution is 5.33. The molecule has 1 aliphatic heterocycles. The van der Waals surface area contributed by atoms with Gasteiger partial charge in [-0.05, 0) is 32.8 Å². The van der Waals surface area contributed by atoms with Crippen LogP contribution in [0.5, 0.6) is 0 Å². The summed E-state index contributed by atoms with van der Waals surface area (Å²) in [5, 5.41) is 8.95. The summed E-state index contributed by atoms with van der Waals surface area (Å²) < 4.78 is 0. The van der Waals surface area contributed by atoms with Crippen LogP contribution in [0.3, 0.4) is 0 Å². The van der Waals surface area contributed by atoms with Gasteiger partial charge in [0.05, 0.1) is 12.0 Å². The molecule has 1 saturated heterocycles. The summed E-state index contributed by atoms with van der Waals surface area (Å²) in [6, 6.07) is 4.30. The molecule has 4 heteroatoms. The Morgan fingerprint density at radius 3 is 2.69 bits per heavy atom. The highest BCUT2D eigenvalue weighted by atomic mass is 15.3. The van der Waals surface area contributed by atoms with Crippen molar-refractivity contribution in [2.45, 2.75) is 26.7 Å². The van der Waals surface area contributed by atoms with Crippen LogP contribution in [0.2, 0.25) is 0 Å². The molecule has 1 aromatic rings. The van der Waals surface area contributed by atoms with E-state index in [9.17, 15) is 0 Å². The third kappa shape index (κ3) is 2.30. The van der Waals surface area contributed by atoms with Crippen molar-refractivity contribution in [1.82, 2.24) is 9.97 Å². The van der Waals surface area contributed by atoms with Gasteiger partial charge in [-0.2, -0.15) is 5.26 Å². The molecule has 0 radical (unpaired) electrons. The standard InChI is InChI=1S/C12H16N4/c1-9-6-10(2)15-12(14-9)16-5-3-4-11(7-13)8-16/h6,11H,3-5,8H2,1-2H3. The summed E-state index contributed by atoms with van der Waals surface area (Å²) in [5.74, 6) is 0.899. The first-order valence-corrected chi connectivity index (χ1v) is 5.66. The van der Waals surface area contributed by atoms with E-state index in [2.05, 4.69) is 20.9 Å². The number of rotatable bonds is 1. The zero-order valence-electron chi connectivity index (χ0n) is 9.77. The van der Waals surface area contributed by atoms with E-state index in [1.165, 1.54) is 0 Å². The van der Waals surface area contributed by atoms with E-state index in [1.54, 1.807) is 0 Å². The first kappa shape index (κ1) is 10.9. The van der Waals surface area contributed by atoms with E-state index < -0.39 is 0 Å². The Morgan fingerprint density at radius 1 is 1.38 bits per heavy atom. The fourth-order valence-electron chi connectivity index (χ4n) is 2.11. The lowest BCUT2D eigenvalue weighted by Crippen LogP contribution is -2.36. The summed E-state index contributed by atoms with van der Waals surface area (Å²) in [4.78, 5) is 11.0. The molecule has 1 aliphatic rings. The zero-order valence-corrected chi connectivity index (χ0v) is 9.77. The lowest BCUT2D eigenvalue weighted by molar-refractivity contribution is 0.487. The Labute approximate surface area is 95.9 Å². The molecule has 84 valence electrons. The van der Waals surface area contributed by atoms with Gasteiger partial charge < -0.3 is 4.90 Å². The molecule has 0 N–H and O–H groups in total. The molecular weight excluding hydrogens is 200 g/mol. The largest absolute Gasteiger partial charge is 0.339 e. The van der Waals surface area contributed by atoms with Crippen molar-refractivity contribution in [2.75, 3.05) is 18.0 Å². The van der Waals surface area contributed by atoms with Gasteiger partial charge in [0.2, 0.25) is 5.95 Å². The summed E-state index contributed by atoms with van der Waals surface area (Å²) in [7, 11) is 0. The molecule has 0 saturated carbocycles. The number of piperidine rings is 1. The van der Waals surface area contributed by atoms with E-state index in [1.807, 2.05) is 19.9 Å². The van der Waals surface area contributed by atoms with Gasteiger partial charge in [-0.25, -0.2) is 9.97 Å². The van der Waals surface area contributed by atoms with Crippen molar-refractivity contribution in [3.05, 3.63) is 17.5 Å². The van der Waals surface area contributed by atoms with Gasteiger partial charge in [-0.3, -0.25) is 0 Å². The quantitative estimate of drug-likeness (QED) is 0.718. The number of aromatic nitrogens is 2. The molecule has 2 heterocycles. The lowest BCUT2D eigenvalue weighted by atomic mass is 10.0. The van der Waals surface area contributed by atoms with Crippen LogP contribution in [-0.4, -0.2) is 23.1 Å². The van der Waals surface area contributed by atoms with Crippen LogP contribution in [0, 0.1) is 31.1 Å². The first-order valence-electron chi connectivity index (χ1n) is 5.66. The van der Waals surface area contributed by atoms with Crippen molar-refractivity contribution < 1.29 is 0 Å². The van der Waals surface area contributed by atoms with Crippen LogP contribution in [0.15, 0.2) is 6.07 Å². The van der Waals surface area contributed by atoms with Crippen molar-refractivity contribution in [3.63, 3.8) is 0 Å². The summed E-state index contributed by atoms with van der Waals surface area (Å²) in [5.41, 5.74) is 1.98. The van der Waals surface area contributed by atoms with Crippen molar-refractivity contribution in [3.8, 4) is 6.07 Å². The topological polar surface area (TPSA) is 52.8 Å². The molecule has 0 spiro atoms. The molecule has 1 aromatic heterocycles. The number of nitriles is 1. The molecule has 1 fully saturated rings. The molecular formula is C12H16N4. The second-order valence-corrected chi connectivity index (χ2v) is 4.36. The van der Waals surface area contributed by atoms with Crippen molar-refractivity contribution in [2.24, 2.45) is 5.92 Å². The van der Waals surface area contributed by atoms with Gasteiger partial charge in [0.15, 0.2) is 0 Å². The maximum atomic E-state index is 8.95. The zero-order chi connectivity index (χ0) is 11.5. The van der Waals surface area contributed by atoms with Crippen LogP contribution in [0.1, 0.15) is 24.2 Å². The molecule has 0 aromatic carbocycles. The predicted octanol–water partition coefficient (Wildman–Crippen LogP) is 1.83. The van der Waals surface area contributed by atoms with E-state index >= 15 is 0 Å². The van der Waals surface area contributed by atoms with Gasteiger partial charge in [-0.15, -0.1) is 0 Å². The number of anilines is 1. The summed E-state index contributed by atoms with van der Waals surface area (Å²) >= 11 is 0. The molecule has 0 amide bonds. The first-order chi connectivity index (χ1) is 7.69. The molecule has 1 unspecified atom stereocenters. The van der Waals surface area contributed by atoms with Crippen molar-refractivity contribution >= 4 is 5.95 Å². The molecule has 16 heavy (non-hydrogen) atoms. The minimum Gasteiger partial charge on any atom is -0.339 e. The Bertz CT molecular complexity index is 401. The van der Waals surface area contributed by atoms with E-state index in [4.69, 9.17) is 5.26 Å². The monoisotopic (exact) mass is 216 g/mol. The molecule has 0 bridgehead atoms. The average Bonchev–Trinajstić information content (AvgIpc) is 2.28. The van der Waals surface area contributed by atoms with Gasteiger partial charge in [-0.1, -0.05) is 0 Å². The minimum absolute atomic E-state index is 0.123. The third-order valence-electron chi connectivity index (χ3n) is 2.86. The SMILES string of the molecule is Cc1cc(C)nc(N2CCCC(C#N)C2)n1. The average molecular weight is 216 g/mol. The minimum atomic E-state index is 0.123. The van der Waals surface area contributed by atoms with Gasteiger partial charge >= 0.3 is 0 Å². The van der Waals surface area contributed by atoms with Gasteiger partial charge in [0, 0.05) is 24.5 Å². The number of hydrogen-bond acceptors (Lipinski definition) is 4. The Hall–Kier alpha value is -1.63. The summed E-state index contributed by atoms with van der Waals surface area (Å²) in [6.45, 7) is 5.67. The second-order valence-electron chi connectivity index (χ2n) is 4.36. The second kappa shape index (κ2) is 4.48. The fourth-order valence-corrected chi connectivity index (χ4v) is 2.11. The molecule has 2 rings (SSSR count). The molecule has 0 aliphatic carbocycles. The van der Waals surface area contributed by atoms with Gasteiger partial charge in [0.1, 0.15) is 0 Å². The molecule has 4 nitrogen and oxygen atoms in total. The van der Waals surface area contributed by atoms with Crippen molar-refractivity contribution in [1.29, 1.82) is 5.26 Å². The number of nitrogens with zero attached hydrogens (tertiary/aromatic N) is 4. The highest BCUT2D eigenvalue weighted by Gasteiger charge is 2.21. The number of hydrogen-bond donors (Lipinski definition) is 0. The summed E-state index contributed by atoms with van der Waals surface area (Å²) in [6.07, 6.45) is 2.05. The van der Waals surface area contributed by atoms with Gasteiger partial charge in [0.25, 0.3) is 0 Å². The maximum Gasteiger partial charge on any atom is 0.225 e. The van der Waals surface area contributed by atoms with Crippen LogP contribution in [0.25, 0.3) is 0 Å². The number of aryl methyl sites for hydroxylation is 2. The van der Waals surface area contributed by atoms with E-state index in [-0.39, 0.29) is 5.92 Å². The van der Waals surface area contributed by atoms with Crippen LogP contribution in [-0.2, 0) is 0 Å². The highest BCUT2D eigenvalue weighted by Crippen LogP contribution is 2.20. The Kier molecular flexibility index (Phi) is 3.04. The smallest absolute Gasteiger partial charge is 0.225 e. The fraction of sp³-hybridized carbons (Fsp3) is 0.583. The van der Waals surface area contributed by atoms with E-state index in [0.29, 0.717) is 0 Å². The van der Waals surface area contributed by atoms with Crippen LogP contribution >= 0.6 is 0 Å². The van der Waals surface area contributed by atoms with E-state index in [0.717, 1.165) is 43.3 Å². The van der Waals surface area contributed by atoms with Crippen LogP contribution in [0.4, 0.5) is 5.95 Å². The Morgan fingerprint density at radius 2 is 2.06 bits per heavy atom. The Balaban J connectivity index is 2.20. The van der Waals surface area contributed by atoms with Crippen LogP contribution < -0.4 is 4.90 Å². The molecule has 1 atom stereocenters. The third-order valence-corrected chi connectivity index (χ3v) is 2.86. The lowest BCUT2D eigenvalue weighted by Gasteiger charge is -2.29. The normalized spacial score (nSPS) is 20.6.